The lowest BCUT2D eigenvalue weighted by Crippen LogP contribution is -1.96. The molecule has 0 amide bonds. The zero-order valence-corrected chi connectivity index (χ0v) is 12.1. The highest BCUT2D eigenvalue weighted by atomic mass is 79.9. The molecule has 18 heavy (non-hydrogen) atoms. The fraction of sp³-hybridized carbons (Fsp3) is 0.286. The van der Waals surface area contributed by atoms with Gasteiger partial charge >= 0.3 is 0 Å². The molecule has 96 valence electrons. The summed E-state index contributed by atoms with van der Waals surface area (Å²) in [4.78, 5) is 0. The van der Waals surface area contributed by atoms with Crippen molar-refractivity contribution in [2.24, 2.45) is 5.73 Å². The van der Waals surface area contributed by atoms with Crippen LogP contribution in [0.3, 0.4) is 0 Å². The van der Waals surface area contributed by atoms with E-state index in [0.717, 1.165) is 32.9 Å². The average Bonchev–Trinajstić information content (AvgIpc) is 2.69. The van der Waals surface area contributed by atoms with E-state index in [4.69, 9.17) is 14.9 Å². The van der Waals surface area contributed by atoms with Crippen molar-refractivity contribution in [3.05, 3.63) is 51.4 Å². The number of hydrogen-bond acceptors (Lipinski definition) is 3. The minimum Gasteiger partial charge on any atom is -0.485 e. The van der Waals surface area contributed by atoms with Crippen LogP contribution in [0.4, 0.5) is 0 Å². The lowest BCUT2D eigenvalue weighted by molar-refractivity contribution is 0.264. The van der Waals surface area contributed by atoms with Gasteiger partial charge < -0.3 is 14.9 Å². The number of rotatable bonds is 4. The summed E-state index contributed by atoms with van der Waals surface area (Å²) < 4.78 is 12.4. The van der Waals surface area contributed by atoms with Gasteiger partial charge in [0.25, 0.3) is 0 Å². The number of benzene rings is 1. The van der Waals surface area contributed by atoms with Crippen molar-refractivity contribution in [1.29, 1.82) is 0 Å². The van der Waals surface area contributed by atoms with Gasteiger partial charge in [-0.2, -0.15) is 0 Å². The molecule has 0 aliphatic heterocycles. The summed E-state index contributed by atoms with van der Waals surface area (Å²) in [5.41, 5.74) is 7.73. The first-order chi connectivity index (χ1) is 8.60. The molecule has 0 fully saturated rings. The summed E-state index contributed by atoms with van der Waals surface area (Å²) in [5, 5.41) is 0. The molecule has 3 nitrogen and oxygen atoms in total. The molecular formula is C14H16BrNO2. The van der Waals surface area contributed by atoms with Gasteiger partial charge in [0, 0.05) is 4.47 Å². The van der Waals surface area contributed by atoms with Crippen LogP contribution in [-0.2, 0) is 13.2 Å². The second-order valence-electron chi connectivity index (χ2n) is 4.22. The number of aryl methyl sites for hydroxylation is 2. The van der Waals surface area contributed by atoms with Crippen molar-refractivity contribution in [2.45, 2.75) is 27.0 Å². The first kappa shape index (κ1) is 13.2. The molecule has 0 saturated carbocycles. The maximum atomic E-state index is 5.74. The van der Waals surface area contributed by atoms with Crippen molar-refractivity contribution >= 4 is 15.9 Å². The Balaban J connectivity index is 2.06. The Morgan fingerprint density at radius 3 is 2.61 bits per heavy atom. The minimum absolute atomic E-state index is 0.420. The van der Waals surface area contributed by atoms with E-state index in [9.17, 15) is 0 Å². The first-order valence-corrected chi connectivity index (χ1v) is 6.56. The first-order valence-electron chi connectivity index (χ1n) is 5.77. The molecule has 2 N–H and O–H groups in total. The Morgan fingerprint density at radius 1 is 1.22 bits per heavy atom. The Kier molecular flexibility index (Phi) is 4.09. The molecule has 0 bridgehead atoms. The van der Waals surface area contributed by atoms with Gasteiger partial charge in [0.2, 0.25) is 0 Å². The molecule has 1 heterocycles. The standard InChI is InChI=1S/C14H16BrNO2/c1-9-5-11(15)3-4-13(9)17-8-12-6-10(2)14(7-16)18-12/h3-6H,7-8,16H2,1-2H3. The van der Waals surface area contributed by atoms with Crippen LogP contribution in [0.25, 0.3) is 0 Å². The molecule has 2 rings (SSSR count). The predicted octanol–water partition coefficient (Wildman–Crippen LogP) is 3.70. The van der Waals surface area contributed by atoms with Crippen LogP contribution in [0.2, 0.25) is 0 Å². The van der Waals surface area contributed by atoms with Crippen LogP contribution in [0, 0.1) is 13.8 Å². The summed E-state index contributed by atoms with van der Waals surface area (Å²) in [7, 11) is 0. The van der Waals surface area contributed by atoms with Crippen molar-refractivity contribution < 1.29 is 9.15 Å². The van der Waals surface area contributed by atoms with E-state index in [1.54, 1.807) is 0 Å². The van der Waals surface area contributed by atoms with Crippen LogP contribution in [-0.4, -0.2) is 0 Å². The maximum Gasteiger partial charge on any atom is 0.146 e. The summed E-state index contributed by atoms with van der Waals surface area (Å²) in [6, 6.07) is 7.89. The Labute approximate surface area is 115 Å². The van der Waals surface area contributed by atoms with Gasteiger partial charge in [-0.1, -0.05) is 15.9 Å². The quantitative estimate of drug-likeness (QED) is 0.937. The molecule has 0 saturated heterocycles. The van der Waals surface area contributed by atoms with Gasteiger partial charge in [-0.05, 0) is 49.2 Å². The van der Waals surface area contributed by atoms with E-state index in [-0.39, 0.29) is 0 Å². The third-order valence-electron chi connectivity index (χ3n) is 2.76. The van der Waals surface area contributed by atoms with E-state index < -0.39 is 0 Å². The largest absolute Gasteiger partial charge is 0.485 e. The van der Waals surface area contributed by atoms with Crippen molar-refractivity contribution in [3.8, 4) is 5.75 Å². The van der Waals surface area contributed by atoms with E-state index in [0.29, 0.717) is 13.2 Å². The normalized spacial score (nSPS) is 10.7. The summed E-state index contributed by atoms with van der Waals surface area (Å²) >= 11 is 3.43. The second-order valence-corrected chi connectivity index (χ2v) is 5.14. The third-order valence-corrected chi connectivity index (χ3v) is 3.26. The molecule has 0 spiro atoms. The number of ether oxygens (including phenoxy) is 1. The van der Waals surface area contributed by atoms with Crippen LogP contribution in [0.5, 0.6) is 5.75 Å². The third kappa shape index (κ3) is 2.94. The van der Waals surface area contributed by atoms with E-state index in [2.05, 4.69) is 15.9 Å². The molecule has 2 aromatic rings. The maximum absolute atomic E-state index is 5.74. The monoisotopic (exact) mass is 309 g/mol. The van der Waals surface area contributed by atoms with Crippen molar-refractivity contribution in [3.63, 3.8) is 0 Å². The number of hydrogen-bond donors (Lipinski definition) is 1. The second kappa shape index (κ2) is 5.59. The van der Waals surface area contributed by atoms with Crippen LogP contribution < -0.4 is 10.5 Å². The van der Waals surface area contributed by atoms with Gasteiger partial charge in [-0.3, -0.25) is 0 Å². The SMILES string of the molecule is Cc1cc(Br)ccc1OCc1cc(C)c(CN)o1. The number of halogens is 1. The fourth-order valence-corrected chi connectivity index (χ4v) is 2.26. The lowest BCUT2D eigenvalue weighted by Gasteiger charge is -2.07. The summed E-state index contributed by atoms with van der Waals surface area (Å²) in [5.74, 6) is 2.48. The van der Waals surface area contributed by atoms with Gasteiger partial charge in [0.05, 0.1) is 6.54 Å². The average molecular weight is 310 g/mol. The fourth-order valence-electron chi connectivity index (χ4n) is 1.79. The van der Waals surface area contributed by atoms with Crippen molar-refractivity contribution in [1.82, 2.24) is 0 Å². The Morgan fingerprint density at radius 2 is 2.00 bits per heavy atom. The predicted molar refractivity (Wildman–Crippen MR) is 74.5 cm³/mol. The van der Waals surface area contributed by atoms with Crippen LogP contribution >= 0.6 is 15.9 Å². The Bertz CT molecular complexity index is 549. The van der Waals surface area contributed by atoms with E-state index >= 15 is 0 Å². The molecule has 0 aliphatic rings. The highest BCUT2D eigenvalue weighted by Gasteiger charge is 2.07. The smallest absolute Gasteiger partial charge is 0.146 e. The minimum atomic E-state index is 0.420. The molecule has 0 aliphatic carbocycles. The topological polar surface area (TPSA) is 48.4 Å². The molecule has 1 aromatic heterocycles. The lowest BCUT2D eigenvalue weighted by atomic mass is 10.2. The highest BCUT2D eigenvalue weighted by molar-refractivity contribution is 9.10. The molecule has 0 atom stereocenters. The molecule has 0 unspecified atom stereocenters. The number of furan rings is 1. The van der Waals surface area contributed by atoms with E-state index in [1.807, 2.05) is 38.1 Å². The molecule has 0 radical (unpaired) electrons. The Hall–Kier alpha value is -1.26. The van der Waals surface area contributed by atoms with Gasteiger partial charge in [-0.25, -0.2) is 0 Å². The van der Waals surface area contributed by atoms with Crippen LogP contribution in [0.1, 0.15) is 22.6 Å². The molecular weight excluding hydrogens is 294 g/mol. The van der Waals surface area contributed by atoms with Crippen molar-refractivity contribution in [2.75, 3.05) is 0 Å². The van der Waals surface area contributed by atoms with Gasteiger partial charge in [0.1, 0.15) is 23.9 Å². The van der Waals surface area contributed by atoms with Crippen LogP contribution in [0.15, 0.2) is 33.2 Å². The zero-order valence-electron chi connectivity index (χ0n) is 10.5. The van der Waals surface area contributed by atoms with Gasteiger partial charge in [-0.15, -0.1) is 0 Å². The zero-order chi connectivity index (χ0) is 13.1. The number of nitrogens with two attached hydrogens (primary N) is 1. The van der Waals surface area contributed by atoms with E-state index in [1.165, 1.54) is 0 Å². The highest BCUT2D eigenvalue weighted by Crippen LogP contribution is 2.23. The summed E-state index contributed by atoms with van der Waals surface area (Å²) in [6.07, 6.45) is 0. The van der Waals surface area contributed by atoms with Gasteiger partial charge in [0.15, 0.2) is 0 Å². The molecule has 1 aromatic carbocycles. The summed E-state index contributed by atoms with van der Waals surface area (Å²) in [6.45, 7) is 4.84. The molecule has 4 heteroatoms.